The van der Waals surface area contributed by atoms with Gasteiger partial charge in [-0.25, -0.2) is 9.78 Å². The lowest BCUT2D eigenvalue weighted by atomic mass is 10.0. The largest absolute Gasteiger partial charge is 0.480 e. The number of primary amides is 1. The zero-order chi connectivity index (χ0) is 26.5. The van der Waals surface area contributed by atoms with Crippen molar-refractivity contribution < 1.29 is 29.1 Å². The summed E-state index contributed by atoms with van der Waals surface area (Å²) in [6.45, 7) is 3.69. The molecule has 0 aliphatic heterocycles. The maximum Gasteiger partial charge on any atom is 0.326 e. The van der Waals surface area contributed by atoms with E-state index < -0.39 is 66.1 Å². The second kappa shape index (κ2) is 14.7. The first-order valence-electron chi connectivity index (χ1n) is 11.3. The van der Waals surface area contributed by atoms with Gasteiger partial charge in [0.1, 0.15) is 18.1 Å². The minimum atomic E-state index is -1.39. The molecule has 0 aliphatic rings. The lowest BCUT2D eigenvalue weighted by molar-refractivity contribution is -0.143. The quantitative estimate of drug-likeness (QED) is 0.112. The highest BCUT2D eigenvalue weighted by Crippen LogP contribution is 2.06. The Labute approximate surface area is 203 Å². The number of aromatic nitrogens is 2. The highest BCUT2D eigenvalue weighted by atomic mass is 16.4. The summed E-state index contributed by atoms with van der Waals surface area (Å²) in [5.74, 6) is -4.81. The fourth-order valence-corrected chi connectivity index (χ4v) is 3.19. The van der Waals surface area contributed by atoms with Crippen LogP contribution in [0.1, 0.15) is 45.2 Å². The highest BCUT2D eigenvalue weighted by molar-refractivity contribution is 5.96. The van der Waals surface area contributed by atoms with Gasteiger partial charge in [0.2, 0.25) is 23.6 Å². The number of nitrogens with two attached hydrogens (primary N) is 3. The molecule has 0 bridgehead atoms. The number of H-pyrrole nitrogens is 1. The molecule has 4 amide bonds. The molecule has 14 heteroatoms. The Hall–Kier alpha value is -3.52. The molecule has 0 spiro atoms. The molecule has 196 valence electrons. The molecule has 1 aromatic heterocycles. The van der Waals surface area contributed by atoms with Gasteiger partial charge in [-0.15, -0.1) is 0 Å². The van der Waals surface area contributed by atoms with E-state index in [1.54, 1.807) is 13.8 Å². The van der Waals surface area contributed by atoms with Crippen LogP contribution in [0.15, 0.2) is 12.5 Å². The normalized spacial score (nSPS) is 14.4. The van der Waals surface area contributed by atoms with Crippen LogP contribution < -0.4 is 33.2 Å². The van der Waals surface area contributed by atoms with E-state index in [1.807, 2.05) is 0 Å². The summed E-state index contributed by atoms with van der Waals surface area (Å²) in [5, 5.41) is 16.7. The van der Waals surface area contributed by atoms with Gasteiger partial charge in [0, 0.05) is 18.3 Å². The van der Waals surface area contributed by atoms with Gasteiger partial charge >= 0.3 is 5.97 Å². The van der Waals surface area contributed by atoms with E-state index in [0.717, 1.165) is 0 Å². The average Bonchev–Trinajstić information content (AvgIpc) is 3.28. The Morgan fingerprint density at radius 1 is 1.03 bits per heavy atom. The van der Waals surface area contributed by atoms with Gasteiger partial charge < -0.3 is 43.2 Å². The van der Waals surface area contributed by atoms with Gasteiger partial charge in [-0.3, -0.25) is 19.2 Å². The van der Waals surface area contributed by atoms with E-state index in [2.05, 4.69) is 25.9 Å². The van der Waals surface area contributed by atoms with Crippen LogP contribution in [0.3, 0.4) is 0 Å². The number of carboxylic acids is 1. The SMILES string of the molecule is CC(C)C(NC(=O)C(Cc1cnc[nH]1)NC(=O)C(CC(N)=O)NC(=O)C(N)CCCCN)C(=O)O. The number of imidazole rings is 1. The molecule has 1 rings (SSSR count). The summed E-state index contributed by atoms with van der Waals surface area (Å²) < 4.78 is 0. The molecule has 35 heavy (non-hydrogen) atoms. The molecular weight excluding hydrogens is 460 g/mol. The van der Waals surface area contributed by atoms with Crippen LogP contribution in [-0.2, 0) is 30.4 Å². The minimum Gasteiger partial charge on any atom is -0.480 e. The van der Waals surface area contributed by atoms with Gasteiger partial charge in [0.15, 0.2) is 0 Å². The molecule has 0 aromatic carbocycles. The first-order valence-corrected chi connectivity index (χ1v) is 11.3. The molecule has 1 heterocycles. The lowest BCUT2D eigenvalue weighted by Crippen LogP contribution is -2.58. The number of rotatable bonds is 16. The van der Waals surface area contributed by atoms with E-state index in [-0.39, 0.29) is 6.42 Å². The number of hydrogen-bond acceptors (Lipinski definition) is 8. The predicted octanol–water partition coefficient (Wildman–Crippen LogP) is -2.52. The van der Waals surface area contributed by atoms with Crippen molar-refractivity contribution in [2.45, 2.75) is 70.1 Å². The third-order valence-corrected chi connectivity index (χ3v) is 5.19. The predicted molar refractivity (Wildman–Crippen MR) is 125 cm³/mol. The molecule has 0 fully saturated rings. The number of nitrogens with one attached hydrogen (secondary N) is 4. The second-order valence-electron chi connectivity index (χ2n) is 8.53. The molecule has 0 radical (unpaired) electrons. The van der Waals surface area contributed by atoms with Crippen molar-refractivity contribution >= 4 is 29.6 Å². The third kappa shape index (κ3) is 10.5. The fraction of sp³-hybridized carbons (Fsp3) is 0.619. The molecule has 14 nitrogen and oxygen atoms in total. The van der Waals surface area contributed by atoms with E-state index >= 15 is 0 Å². The number of nitrogens with zero attached hydrogens (tertiary/aromatic N) is 1. The summed E-state index contributed by atoms with van der Waals surface area (Å²) >= 11 is 0. The number of carbonyl (C=O) groups is 5. The number of carboxylic acid groups (broad SMARTS) is 1. The number of unbranched alkanes of at least 4 members (excludes halogenated alkanes) is 1. The number of aliphatic carboxylic acids is 1. The van der Waals surface area contributed by atoms with Gasteiger partial charge in [0.25, 0.3) is 0 Å². The first kappa shape index (κ1) is 29.5. The smallest absolute Gasteiger partial charge is 0.326 e. The first-order chi connectivity index (χ1) is 16.5. The van der Waals surface area contributed by atoms with Crippen molar-refractivity contribution in [2.24, 2.45) is 23.1 Å². The molecule has 11 N–H and O–H groups in total. The summed E-state index contributed by atoms with van der Waals surface area (Å²) in [6, 6.07) is -4.76. The summed E-state index contributed by atoms with van der Waals surface area (Å²) in [5.41, 5.74) is 17.0. The van der Waals surface area contributed by atoms with E-state index in [9.17, 15) is 29.1 Å². The summed E-state index contributed by atoms with van der Waals surface area (Å²) in [4.78, 5) is 68.0. The number of carbonyl (C=O) groups excluding carboxylic acids is 4. The van der Waals surface area contributed by atoms with Crippen molar-refractivity contribution in [3.63, 3.8) is 0 Å². The molecule has 0 saturated heterocycles. The topological polar surface area (TPSA) is 248 Å². The van der Waals surface area contributed by atoms with Crippen LogP contribution in [0.5, 0.6) is 0 Å². The van der Waals surface area contributed by atoms with Gasteiger partial charge in [0.05, 0.1) is 18.8 Å². The maximum atomic E-state index is 13.0. The van der Waals surface area contributed by atoms with E-state index in [1.165, 1.54) is 12.5 Å². The molecular formula is C21H36N8O6. The van der Waals surface area contributed by atoms with Crippen molar-refractivity contribution in [3.05, 3.63) is 18.2 Å². The van der Waals surface area contributed by atoms with Crippen LogP contribution in [0, 0.1) is 5.92 Å². The van der Waals surface area contributed by atoms with Crippen LogP contribution in [0.2, 0.25) is 0 Å². The average molecular weight is 497 g/mol. The minimum absolute atomic E-state index is 0.0577. The zero-order valence-electron chi connectivity index (χ0n) is 20.0. The Kier molecular flexibility index (Phi) is 12.4. The van der Waals surface area contributed by atoms with Crippen LogP contribution in [-0.4, -0.2) is 75.4 Å². The summed E-state index contributed by atoms with van der Waals surface area (Å²) in [7, 11) is 0. The zero-order valence-corrected chi connectivity index (χ0v) is 20.0. The van der Waals surface area contributed by atoms with E-state index in [4.69, 9.17) is 17.2 Å². The maximum absolute atomic E-state index is 13.0. The number of amides is 4. The van der Waals surface area contributed by atoms with Gasteiger partial charge in [-0.2, -0.15) is 0 Å². The molecule has 4 atom stereocenters. The molecule has 0 aliphatic carbocycles. The Morgan fingerprint density at radius 2 is 1.66 bits per heavy atom. The third-order valence-electron chi connectivity index (χ3n) is 5.19. The van der Waals surface area contributed by atoms with Crippen molar-refractivity contribution in [1.82, 2.24) is 25.9 Å². The standard InChI is InChI=1S/C21H36N8O6/c1-11(2)17(21(34)35)29-20(33)14(7-12-9-25-10-26-12)28-19(32)15(8-16(24)30)27-18(31)13(23)5-3-4-6-22/h9-11,13-15,17H,3-8,22-23H2,1-2H3,(H2,24,30)(H,25,26)(H,27,31)(H,28,32)(H,29,33)(H,34,35). The van der Waals surface area contributed by atoms with Crippen LogP contribution in [0.4, 0.5) is 0 Å². The fourth-order valence-electron chi connectivity index (χ4n) is 3.19. The summed E-state index contributed by atoms with van der Waals surface area (Å²) in [6.07, 6.45) is 3.82. The molecule has 0 saturated carbocycles. The van der Waals surface area contributed by atoms with Crippen molar-refractivity contribution in [2.75, 3.05) is 6.54 Å². The Morgan fingerprint density at radius 3 is 2.17 bits per heavy atom. The number of hydrogen-bond donors (Lipinski definition) is 8. The lowest BCUT2D eigenvalue weighted by Gasteiger charge is -2.25. The molecule has 4 unspecified atom stereocenters. The van der Waals surface area contributed by atoms with Crippen LogP contribution in [0.25, 0.3) is 0 Å². The Bertz CT molecular complexity index is 860. The number of aromatic amines is 1. The van der Waals surface area contributed by atoms with Gasteiger partial charge in [-0.05, 0) is 25.3 Å². The van der Waals surface area contributed by atoms with Crippen molar-refractivity contribution in [1.29, 1.82) is 0 Å². The second-order valence-corrected chi connectivity index (χ2v) is 8.53. The van der Waals surface area contributed by atoms with E-state index in [0.29, 0.717) is 31.5 Å². The molecule has 1 aromatic rings. The Balaban J connectivity index is 3.02. The van der Waals surface area contributed by atoms with Gasteiger partial charge in [-0.1, -0.05) is 20.3 Å². The monoisotopic (exact) mass is 496 g/mol. The van der Waals surface area contributed by atoms with Crippen LogP contribution >= 0.6 is 0 Å². The highest BCUT2D eigenvalue weighted by Gasteiger charge is 2.32. The van der Waals surface area contributed by atoms with Crippen molar-refractivity contribution in [3.8, 4) is 0 Å².